The predicted octanol–water partition coefficient (Wildman–Crippen LogP) is 4.16. The van der Waals surface area contributed by atoms with E-state index in [0.29, 0.717) is 11.0 Å². The zero-order chi connectivity index (χ0) is 11.7. The third-order valence-electron chi connectivity index (χ3n) is 1.81. The fourth-order valence-corrected chi connectivity index (χ4v) is 2.78. The Hall–Kier alpha value is 0.0200. The molecule has 0 amide bonds. The number of fused-ring (bicyclic) bond motifs is 1. The minimum Gasteiger partial charge on any atom is -0.385 e. The summed E-state index contributed by atoms with van der Waals surface area (Å²) in [5.41, 5.74) is 6.64. The lowest BCUT2D eigenvalue weighted by Crippen LogP contribution is -2.18. The van der Waals surface area contributed by atoms with Gasteiger partial charge in [-0.15, -0.1) is 0 Å². The van der Waals surface area contributed by atoms with E-state index >= 15 is 0 Å². The van der Waals surface area contributed by atoms with Crippen molar-refractivity contribution < 1.29 is 0 Å². The Bertz CT molecular complexity index is 550. The smallest absolute Gasteiger partial charge is 0.212 e. The number of nitrogens with two attached hydrogens (primary N) is 1. The molecule has 1 aromatic carbocycles. The van der Waals surface area contributed by atoms with Crippen LogP contribution >= 0.6 is 59.1 Å². The normalized spacial score (nSPS) is 12.6. The second kappa shape index (κ2) is 5.12. The van der Waals surface area contributed by atoms with Gasteiger partial charge in [0.1, 0.15) is 9.57 Å². The molecule has 0 atom stereocenters. The van der Waals surface area contributed by atoms with Gasteiger partial charge in [0, 0.05) is 4.47 Å². The molecule has 0 bridgehead atoms. The fourth-order valence-electron chi connectivity index (χ4n) is 1.11. The van der Waals surface area contributed by atoms with Crippen molar-refractivity contribution >= 4 is 80.3 Å². The van der Waals surface area contributed by atoms with E-state index in [2.05, 4.69) is 57.8 Å². The molecule has 84 valence electrons. The second-order valence-electron chi connectivity index (χ2n) is 2.92. The molecule has 3 nitrogen and oxygen atoms in total. The average molecular weight is 428 g/mol. The molecule has 0 aliphatic rings. The van der Waals surface area contributed by atoms with E-state index in [0.717, 1.165) is 14.7 Å². The molecule has 2 aromatic rings. The van der Waals surface area contributed by atoms with Gasteiger partial charge in [0.25, 0.3) is 0 Å². The van der Waals surface area contributed by atoms with Crippen LogP contribution in [0.2, 0.25) is 0 Å². The van der Waals surface area contributed by atoms with Crippen molar-refractivity contribution in [3.05, 3.63) is 22.7 Å². The topological polar surface area (TPSA) is 51.3 Å². The number of nitrogens with zero attached hydrogens (tertiary/aromatic N) is 2. The number of benzene rings is 1. The van der Waals surface area contributed by atoms with Crippen LogP contribution in [0, 0.1) is 0 Å². The number of halogens is 3. The van der Waals surface area contributed by atoms with Crippen LogP contribution in [-0.4, -0.2) is 14.6 Å². The van der Waals surface area contributed by atoms with E-state index in [1.165, 1.54) is 11.3 Å². The number of para-hydroxylation sites is 1. The van der Waals surface area contributed by atoms with Crippen LogP contribution in [0.1, 0.15) is 0 Å². The lowest BCUT2D eigenvalue weighted by Gasteiger charge is -1.97. The standard InChI is InChI=1S/C9H6Br3N3S/c10-4-2-1-3-5-6(4)14-9(16-5)15-8(13)7(11)12/h1-3,7H,(H2,13,14,15). The summed E-state index contributed by atoms with van der Waals surface area (Å²) in [5, 5.41) is 0.656. The summed E-state index contributed by atoms with van der Waals surface area (Å²) in [6, 6.07) is 5.93. The minimum atomic E-state index is -0.129. The molecule has 0 saturated carbocycles. The quantitative estimate of drug-likeness (QED) is 0.444. The van der Waals surface area contributed by atoms with Gasteiger partial charge in [-0.1, -0.05) is 49.3 Å². The molecular formula is C9H6Br3N3S. The number of hydrogen-bond acceptors (Lipinski definition) is 3. The van der Waals surface area contributed by atoms with Crippen LogP contribution in [0.4, 0.5) is 5.13 Å². The van der Waals surface area contributed by atoms with Crippen LogP contribution in [0.25, 0.3) is 10.2 Å². The minimum absolute atomic E-state index is 0.129. The van der Waals surface area contributed by atoms with Crippen LogP contribution in [0.15, 0.2) is 27.7 Å². The number of aliphatic imine (C=N–C) groups is 1. The van der Waals surface area contributed by atoms with Gasteiger partial charge in [0.15, 0.2) is 0 Å². The van der Waals surface area contributed by atoms with Gasteiger partial charge >= 0.3 is 0 Å². The van der Waals surface area contributed by atoms with E-state index in [1.807, 2.05) is 18.2 Å². The number of hydrogen-bond donors (Lipinski definition) is 1. The Morgan fingerprint density at radius 3 is 2.81 bits per heavy atom. The van der Waals surface area contributed by atoms with Crippen molar-refractivity contribution in [3.8, 4) is 0 Å². The first kappa shape index (κ1) is 12.5. The van der Waals surface area contributed by atoms with Crippen LogP contribution in [-0.2, 0) is 0 Å². The van der Waals surface area contributed by atoms with E-state index in [4.69, 9.17) is 5.73 Å². The van der Waals surface area contributed by atoms with E-state index < -0.39 is 0 Å². The largest absolute Gasteiger partial charge is 0.385 e. The monoisotopic (exact) mass is 425 g/mol. The summed E-state index contributed by atoms with van der Waals surface area (Å²) in [6.45, 7) is 0. The summed E-state index contributed by atoms with van der Waals surface area (Å²) in [5.74, 6) is 0.454. The maximum Gasteiger partial charge on any atom is 0.212 e. The summed E-state index contributed by atoms with van der Waals surface area (Å²) in [4.78, 5) is 8.62. The molecule has 1 aromatic heterocycles. The maximum atomic E-state index is 5.72. The number of aromatic nitrogens is 1. The molecule has 0 radical (unpaired) electrons. The van der Waals surface area contributed by atoms with Gasteiger partial charge in [-0.25, -0.2) is 9.98 Å². The Morgan fingerprint density at radius 1 is 1.44 bits per heavy atom. The molecule has 0 aliphatic carbocycles. The Morgan fingerprint density at radius 2 is 2.19 bits per heavy atom. The van der Waals surface area contributed by atoms with Crippen LogP contribution in [0.3, 0.4) is 0 Å². The van der Waals surface area contributed by atoms with Gasteiger partial charge in [-0.2, -0.15) is 0 Å². The third kappa shape index (κ3) is 2.64. The van der Waals surface area contributed by atoms with E-state index in [-0.39, 0.29) is 3.74 Å². The molecule has 7 heteroatoms. The molecule has 2 rings (SSSR count). The molecule has 16 heavy (non-hydrogen) atoms. The number of alkyl halides is 2. The fraction of sp³-hybridized carbons (Fsp3) is 0.111. The molecule has 0 fully saturated rings. The maximum absolute atomic E-state index is 5.72. The summed E-state index contributed by atoms with van der Waals surface area (Å²) < 4.78 is 1.92. The van der Waals surface area contributed by atoms with Gasteiger partial charge in [0.2, 0.25) is 5.13 Å². The highest BCUT2D eigenvalue weighted by Crippen LogP contribution is 2.32. The zero-order valence-electron chi connectivity index (χ0n) is 7.82. The number of thiazole rings is 1. The van der Waals surface area contributed by atoms with Gasteiger partial charge in [-0.05, 0) is 28.1 Å². The van der Waals surface area contributed by atoms with Crippen molar-refractivity contribution in [1.29, 1.82) is 0 Å². The van der Waals surface area contributed by atoms with Gasteiger partial charge in [0.05, 0.1) is 10.2 Å². The van der Waals surface area contributed by atoms with E-state index in [1.54, 1.807) is 0 Å². The Balaban J connectivity index is 2.48. The highest BCUT2D eigenvalue weighted by molar-refractivity contribution is 9.25. The molecule has 2 N–H and O–H groups in total. The summed E-state index contributed by atoms with van der Waals surface area (Å²) in [7, 11) is 0. The van der Waals surface area contributed by atoms with Crippen molar-refractivity contribution in [3.63, 3.8) is 0 Å². The van der Waals surface area contributed by atoms with Crippen molar-refractivity contribution in [2.45, 2.75) is 3.74 Å². The van der Waals surface area contributed by atoms with Gasteiger partial charge in [-0.3, -0.25) is 0 Å². The lowest BCUT2D eigenvalue weighted by atomic mass is 10.3. The first-order chi connectivity index (χ1) is 7.58. The molecular weight excluding hydrogens is 422 g/mol. The van der Waals surface area contributed by atoms with Crippen molar-refractivity contribution in [2.24, 2.45) is 10.7 Å². The molecule has 0 spiro atoms. The molecule has 0 saturated heterocycles. The third-order valence-corrected chi connectivity index (χ3v) is 4.30. The van der Waals surface area contributed by atoms with Crippen LogP contribution in [0.5, 0.6) is 0 Å². The van der Waals surface area contributed by atoms with Crippen molar-refractivity contribution in [2.75, 3.05) is 0 Å². The van der Waals surface area contributed by atoms with Crippen molar-refractivity contribution in [1.82, 2.24) is 4.98 Å². The lowest BCUT2D eigenvalue weighted by molar-refractivity contribution is 1.37. The molecule has 0 unspecified atom stereocenters. The van der Waals surface area contributed by atoms with Crippen LogP contribution < -0.4 is 5.73 Å². The summed E-state index contributed by atoms with van der Waals surface area (Å²) >= 11 is 11.5. The Kier molecular flexibility index (Phi) is 3.99. The first-order valence-electron chi connectivity index (χ1n) is 4.25. The average Bonchev–Trinajstić information content (AvgIpc) is 2.61. The Labute approximate surface area is 122 Å². The first-order valence-corrected chi connectivity index (χ1v) is 7.69. The zero-order valence-corrected chi connectivity index (χ0v) is 13.4. The SMILES string of the molecule is NC(=Nc1nc2c(Br)cccc2s1)C(Br)Br. The molecule has 1 heterocycles. The highest BCUT2D eigenvalue weighted by Gasteiger charge is 2.08. The number of amidine groups is 1. The van der Waals surface area contributed by atoms with E-state index in [9.17, 15) is 0 Å². The highest BCUT2D eigenvalue weighted by atomic mass is 79.9. The second-order valence-corrected chi connectivity index (χ2v) is 7.84. The number of rotatable bonds is 2. The van der Waals surface area contributed by atoms with Gasteiger partial charge < -0.3 is 5.73 Å². The molecule has 0 aliphatic heterocycles. The summed E-state index contributed by atoms with van der Waals surface area (Å²) in [6.07, 6.45) is 0. The predicted molar refractivity (Wildman–Crippen MR) is 80.2 cm³/mol.